The predicted molar refractivity (Wildman–Crippen MR) is 124 cm³/mol. The van der Waals surface area contributed by atoms with Crippen LogP contribution in [0.15, 0.2) is 47.3 Å². The maximum Gasteiger partial charge on any atom is 0.273 e. The smallest absolute Gasteiger partial charge is 0.273 e. The second kappa shape index (κ2) is 11.1. The number of methoxy groups -OCH3 is 3. The summed E-state index contributed by atoms with van der Waals surface area (Å²) in [7, 11) is 6.49. The van der Waals surface area contributed by atoms with Crippen LogP contribution in [0.3, 0.4) is 0 Å². The van der Waals surface area contributed by atoms with Crippen LogP contribution in [0.2, 0.25) is 0 Å². The number of nitrogens with zero attached hydrogens (tertiary/aromatic N) is 3. The normalized spacial score (nSPS) is 10.5. The summed E-state index contributed by atoms with van der Waals surface area (Å²) in [6, 6.07) is 12.9. The molecule has 1 heterocycles. The number of amides is 1. The van der Waals surface area contributed by atoms with Crippen LogP contribution in [0.4, 0.5) is 0 Å². The van der Waals surface area contributed by atoms with Crippen molar-refractivity contribution in [3.8, 4) is 28.6 Å². The Morgan fingerprint density at radius 3 is 2.45 bits per heavy atom. The standard InChI is InChI=1S/C24H28N4O5/c1-28(13-12-16-8-10-20(32-3)21(14-16)33-4)22(29)11-9-19-24(30)25-23(27-26-19)17-6-5-7-18(15-17)31-2/h5-8,10,14-15H,9,11-13H2,1-4H3,(H,25,27,30). The van der Waals surface area contributed by atoms with Crippen molar-refractivity contribution in [2.45, 2.75) is 19.3 Å². The van der Waals surface area contributed by atoms with E-state index >= 15 is 0 Å². The van der Waals surface area contributed by atoms with E-state index in [2.05, 4.69) is 15.2 Å². The Balaban J connectivity index is 1.56. The Morgan fingerprint density at radius 2 is 1.76 bits per heavy atom. The van der Waals surface area contributed by atoms with Crippen molar-refractivity contribution in [3.05, 3.63) is 64.1 Å². The van der Waals surface area contributed by atoms with Crippen LogP contribution in [0.1, 0.15) is 17.7 Å². The van der Waals surface area contributed by atoms with Crippen LogP contribution < -0.4 is 19.8 Å². The Morgan fingerprint density at radius 1 is 0.970 bits per heavy atom. The Kier molecular flexibility index (Phi) is 8.01. The molecule has 1 N–H and O–H groups in total. The lowest BCUT2D eigenvalue weighted by Crippen LogP contribution is -2.30. The highest BCUT2D eigenvalue weighted by Gasteiger charge is 2.13. The number of nitrogens with one attached hydrogen (secondary N) is 1. The fourth-order valence-corrected chi connectivity index (χ4v) is 3.30. The van der Waals surface area contributed by atoms with Crippen molar-refractivity contribution in [2.75, 3.05) is 34.9 Å². The van der Waals surface area contributed by atoms with E-state index in [0.717, 1.165) is 5.56 Å². The number of rotatable bonds is 10. The summed E-state index contributed by atoms with van der Waals surface area (Å²) in [5.41, 5.74) is 1.59. The molecule has 0 saturated carbocycles. The molecule has 33 heavy (non-hydrogen) atoms. The lowest BCUT2D eigenvalue weighted by molar-refractivity contribution is -0.129. The number of ether oxygens (including phenoxy) is 3. The number of hydrogen-bond donors (Lipinski definition) is 1. The van der Waals surface area contributed by atoms with E-state index in [4.69, 9.17) is 14.2 Å². The summed E-state index contributed by atoms with van der Waals surface area (Å²) in [5, 5.41) is 8.15. The van der Waals surface area contributed by atoms with Crippen molar-refractivity contribution in [1.82, 2.24) is 20.1 Å². The average molecular weight is 453 g/mol. The molecule has 0 bridgehead atoms. The molecular formula is C24H28N4O5. The summed E-state index contributed by atoms with van der Waals surface area (Å²) < 4.78 is 15.8. The van der Waals surface area contributed by atoms with Crippen LogP contribution in [-0.2, 0) is 17.6 Å². The molecule has 0 aliphatic heterocycles. The van der Waals surface area contributed by atoms with Gasteiger partial charge in [0.2, 0.25) is 5.91 Å². The molecule has 0 saturated heterocycles. The minimum atomic E-state index is -0.358. The van der Waals surface area contributed by atoms with Gasteiger partial charge >= 0.3 is 0 Å². The van der Waals surface area contributed by atoms with Gasteiger partial charge in [-0.25, -0.2) is 0 Å². The summed E-state index contributed by atoms with van der Waals surface area (Å²) in [6.45, 7) is 0.533. The number of likely N-dealkylation sites (N-methyl/N-ethyl adjacent to an activating group) is 1. The maximum atomic E-state index is 12.5. The van der Waals surface area contributed by atoms with Crippen LogP contribution in [0.5, 0.6) is 17.2 Å². The zero-order chi connectivity index (χ0) is 23.8. The molecule has 0 atom stereocenters. The molecule has 9 heteroatoms. The second-order valence-electron chi connectivity index (χ2n) is 7.44. The zero-order valence-electron chi connectivity index (χ0n) is 19.3. The highest BCUT2D eigenvalue weighted by Crippen LogP contribution is 2.27. The number of carbonyl (C=O) groups excluding carboxylic acids is 1. The molecule has 0 radical (unpaired) electrons. The maximum absolute atomic E-state index is 12.5. The zero-order valence-corrected chi connectivity index (χ0v) is 19.3. The lowest BCUT2D eigenvalue weighted by Gasteiger charge is -2.17. The van der Waals surface area contributed by atoms with Crippen LogP contribution in [0.25, 0.3) is 11.4 Å². The molecule has 0 spiro atoms. The molecule has 0 fully saturated rings. The Bertz CT molecular complexity index is 1160. The largest absolute Gasteiger partial charge is 0.497 e. The summed E-state index contributed by atoms with van der Waals surface area (Å²) >= 11 is 0. The van der Waals surface area contributed by atoms with Gasteiger partial charge in [-0.15, -0.1) is 10.2 Å². The van der Waals surface area contributed by atoms with Gasteiger partial charge in [0.05, 0.1) is 21.3 Å². The number of benzene rings is 2. The van der Waals surface area contributed by atoms with Gasteiger partial charge in [0.25, 0.3) is 5.56 Å². The number of aromatic nitrogens is 3. The first-order valence-corrected chi connectivity index (χ1v) is 10.5. The third-order valence-electron chi connectivity index (χ3n) is 5.29. The summed E-state index contributed by atoms with van der Waals surface area (Å²) in [4.78, 5) is 29.3. The summed E-state index contributed by atoms with van der Waals surface area (Å²) in [6.07, 6.45) is 1.04. The van der Waals surface area contributed by atoms with E-state index in [0.29, 0.717) is 41.6 Å². The minimum absolute atomic E-state index is 0.0754. The topological polar surface area (TPSA) is 107 Å². The lowest BCUT2D eigenvalue weighted by atomic mass is 10.1. The van der Waals surface area contributed by atoms with Crippen molar-refractivity contribution in [2.24, 2.45) is 0 Å². The molecule has 3 aromatic rings. The van der Waals surface area contributed by atoms with Crippen LogP contribution in [-0.4, -0.2) is 60.9 Å². The monoisotopic (exact) mass is 452 g/mol. The van der Waals surface area contributed by atoms with E-state index in [9.17, 15) is 9.59 Å². The van der Waals surface area contributed by atoms with E-state index in [1.54, 1.807) is 57.5 Å². The van der Waals surface area contributed by atoms with Gasteiger partial charge in [-0.1, -0.05) is 18.2 Å². The Labute approximate surface area is 192 Å². The van der Waals surface area contributed by atoms with E-state index in [-0.39, 0.29) is 30.0 Å². The van der Waals surface area contributed by atoms with Gasteiger partial charge in [0.1, 0.15) is 11.4 Å². The quantitative estimate of drug-likeness (QED) is 0.504. The van der Waals surface area contributed by atoms with Gasteiger partial charge in [-0.3, -0.25) is 9.59 Å². The molecular weight excluding hydrogens is 424 g/mol. The molecule has 0 aliphatic rings. The van der Waals surface area contributed by atoms with Gasteiger partial charge in [0, 0.05) is 32.0 Å². The summed E-state index contributed by atoms with van der Waals surface area (Å²) in [5.74, 6) is 2.24. The average Bonchev–Trinajstić information content (AvgIpc) is 2.85. The van der Waals surface area contributed by atoms with Crippen LogP contribution >= 0.6 is 0 Å². The van der Waals surface area contributed by atoms with Crippen LogP contribution in [0, 0.1) is 0 Å². The third kappa shape index (κ3) is 6.09. The molecule has 1 aromatic heterocycles. The first-order valence-electron chi connectivity index (χ1n) is 10.5. The SMILES string of the molecule is COc1cccc(-c2nnc(CCC(=O)N(C)CCc3ccc(OC)c(OC)c3)c(=O)[nH]2)c1. The fraction of sp³-hybridized carbons (Fsp3) is 0.333. The van der Waals surface area contributed by atoms with Gasteiger partial charge < -0.3 is 24.1 Å². The third-order valence-corrected chi connectivity index (χ3v) is 5.29. The second-order valence-corrected chi connectivity index (χ2v) is 7.44. The molecule has 0 unspecified atom stereocenters. The van der Waals surface area contributed by atoms with E-state index in [1.807, 2.05) is 18.2 Å². The highest BCUT2D eigenvalue weighted by molar-refractivity contribution is 5.76. The van der Waals surface area contributed by atoms with Gasteiger partial charge in [-0.05, 0) is 36.2 Å². The van der Waals surface area contributed by atoms with Crippen molar-refractivity contribution in [1.29, 1.82) is 0 Å². The first-order chi connectivity index (χ1) is 15.9. The number of H-pyrrole nitrogens is 1. The first kappa shape index (κ1) is 23.8. The molecule has 3 rings (SSSR count). The minimum Gasteiger partial charge on any atom is -0.497 e. The van der Waals surface area contributed by atoms with Crippen molar-refractivity contribution < 1.29 is 19.0 Å². The van der Waals surface area contributed by atoms with E-state index < -0.39 is 0 Å². The predicted octanol–water partition coefficient (Wildman–Crippen LogP) is 2.49. The molecule has 174 valence electrons. The number of aryl methyl sites for hydroxylation is 1. The Hall–Kier alpha value is -3.88. The number of aromatic amines is 1. The van der Waals surface area contributed by atoms with Crippen molar-refractivity contribution in [3.63, 3.8) is 0 Å². The number of carbonyl (C=O) groups is 1. The number of hydrogen-bond acceptors (Lipinski definition) is 7. The van der Waals surface area contributed by atoms with Crippen molar-refractivity contribution >= 4 is 5.91 Å². The molecule has 2 aromatic carbocycles. The van der Waals surface area contributed by atoms with E-state index in [1.165, 1.54) is 0 Å². The van der Waals surface area contributed by atoms with Gasteiger partial charge in [0.15, 0.2) is 17.3 Å². The van der Waals surface area contributed by atoms with Gasteiger partial charge in [-0.2, -0.15) is 0 Å². The molecule has 0 aliphatic carbocycles. The molecule has 9 nitrogen and oxygen atoms in total. The highest BCUT2D eigenvalue weighted by atomic mass is 16.5. The molecule has 1 amide bonds. The fourth-order valence-electron chi connectivity index (χ4n) is 3.30.